The zero-order valence-corrected chi connectivity index (χ0v) is 14.9. The van der Waals surface area contributed by atoms with Gasteiger partial charge in [0.25, 0.3) is 11.8 Å². The second-order valence-electron chi connectivity index (χ2n) is 5.67. The third kappa shape index (κ3) is 6.50. The minimum Gasteiger partial charge on any atom is -0.478 e. The highest BCUT2D eigenvalue weighted by Crippen LogP contribution is 2.21. The number of nitrogens with zero attached hydrogens (tertiary/aromatic N) is 1. The number of aliphatic carboxylic acids is 1. The number of carbonyl (C=O) groups is 3. The topological polar surface area (TPSA) is 83.9 Å². The number of carbonyl (C=O) groups excluding carboxylic acids is 2. The van der Waals surface area contributed by atoms with Crippen molar-refractivity contribution in [2.24, 2.45) is 5.92 Å². The van der Waals surface area contributed by atoms with E-state index in [9.17, 15) is 14.4 Å². The Hall–Kier alpha value is -2.21. The fourth-order valence-corrected chi connectivity index (χ4v) is 2.10. The van der Waals surface area contributed by atoms with Gasteiger partial charge in [-0.1, -0.05) is 39.0 Å². The molecule has 0 saturated heterocycles. The van der Waals surface area contributed by atoms with Gasteiger partial charge in [0, 0.05) is 29.7 Å². The first-order valence-electron chi connectivity index (χ1n) is 7.78. The molecule has 0 aliphatic heterocycles. The van der Waals surface area contributed by atoms with Crippen molar-refractivity contribution in [1.82, 2.24) is 4.90 Å². The summed E-state index contributed by atoms with van der Waals surface area (Å²) >= 11 is 0. The fraction of sp³-hybridized carbons (Fsp3) is 0.500. The number of imide groups is 1. The summed E-state index contributed by atoms with van der Waals surface area (Å²) in [7, 11) is 1.38. The number of hydrogen-bond acceptors (Lipinski definition) is 4. The smallest absolute Gasteiger partial charge is 0.331 e. The van der Waals surface area contributed by atoms with Gasteiger partial charge in [-0.2, -0.15) is 0 Å². The average Bonchev–Trinajstić information content (AvgIpc) is 2.53. The maximum Gasteiger partial charge on any atom is 0.331 e. The molecule has 0 fully saturated rings. The van der Waals surface area contributed by atoms with Gasteiger partial charge in [0.05, 0.1) is 0 Å². The van der Waals surface area contributed by atoms with Crippen LogP contribution in [0.1, 0.15) is 40.0 Å². The standard InChI is InChI=1S/C18H27NO5/c1-7-8-9-15(14(5)18(22)23)10-13(4)17(21)19(11-24-6)16(20)12(2)3/h10,15H,2,5,7-9,11H2,1,3-4,6H3,(H,22,23). The van der Waals surface area contributed by atoms with E-state index in [0.717, 1.165) is 17.7 Å². The van der Waals surface area contributed by atoms with Crippen LogP contribution >= 0.6 is 0 Å². The van der Waals surface area contributed by atoms with E-state index in [1.807, 2.05) is 6.92 Å². The third-order valence-electron chi connectivity index (χ3n) is 3.49. The molecule has 0 saturated carbocycles. The molecule has 0 aromatic carbocycles. The molecule has 0 aliphatic carbocycles. The molecule has 6 nitrogen and oxygen atoms in total. The highest BCUT2D eigenvalue weighted by atomic mass is 16.5. The molecule has 24 heavy (non-hydrogen) atoms. The lowest BCUT2D eigenvalue weighted by Crippen LogP contribution is -2.39. The average molecular weight is 337 g/mol. The molecule has 2 amide bonds. The third-order valence-corrected chi connectivity index (χ3v) is 3.49. The SMILES string of the molecule is C=C(C)C(=O)N(COC)C(=O)C(C)=CC(CCCC)C(=C)C(=O)O. The zero-order chi connectivity index (χ0) is 18.9. The second kappa shape index (κ2) is 10.5. The molecule has 0 spiro atoms. The number of carboxylic acid groups (broad SMARTS) is 1. The Balaban J connectivity index is 5.49. The molecule has 134 valence electrons. The maximum atomic E-state index is 12.5. The van der Waals surface area contributed by atoms with Gasteiger partial charge >= 0.3 is 5.97 Å². The van der Waals surface area contributed by atoms with Crippen molar-refractivity contribution in [3.05, 3.63) is 36.0 Å². The summed E-state index contributed by atoms with van der Waals surface area (Å²) in [6, 6.07) is 0. The number of amides is 2. The van der Waals surface area contributed by atoms with Crippen molar-refractivity contribution in [3.63, 3.8) is 0 Å². The van der Waals surface area contributed by atoms with Gasteiger partial charge < -0.3 is 9.84 Å². The number of allylic oxidation sites excluding steroid dienone is 1. The Morgan fingerprint density at radius 2 is 1.79 bits per heavy atom. The lowest BCUT2D eigenvalue weighted by atomic mass is 9.92. The minimum atomic E-state index is -1.10. The van der Waals surface area contributed by atoms with E-state index in [1.165, 1.54) is 14.0 Å². The highest BCUT2D eigenvalue weighted by molar-refractivity contribution is 6.09. The van der Waals surface area contributed by atoms with E-state index in [-0.39, 0.29) is 23.5 Å². The highest BCUT2D eigenvalue weighted by Gasteiger charge is 2.24. The monoisotopic (exact) mass is 337 g/mol. The molecular weight excluding hydrogens is 310 g/mol. The quantitative estimate of drug-likeness (QED) is 0.489. The summed E-state index contributed by atoms with van der Waals surface area (Å²) in [5.74, 6) is -2.63. The molecule has 0 rings (SSSR count). The molecule has 0 radical (unpaired) electrons. The van der Waals surface area contributed by atoms with E-state index in [4.69, 9.17) is 9.84 Å². The Bertz CT molecular complexity index is 548. The van der Waals surface area contributed by atoms with Crippen LogP contribution in [0.25, 0.3) is 0 Å². The van der Waals surface area contributed by atoms with Crippen molar-refractivity contribution in [1.29, 1.82) is 0 Å². The van der Waals surface area contributed by atoms with Crippen molar-refractivity contribution in [3.8, 4) is 0 Å². The van der Waals surface area contributed by atoms with Gasteiger partial charge in [0.1, 0.15) is 6.73 Å². The van der Waals surface area contributed by atoms with Crippen LogP contribution < -0.4 is 0 Å². The summed E-state index contributed by atoms with van der Waals surface area (Å²) < 4.78 is 4.91. The second-order valence-corrected chi connectivity index (χ2v) is 5.67. The Morgan fingerprint density at radius 1 is 1.21 bits per heavy atom. The minimum absolute atomic E-state index is 0.0279. The first kappa shape index (κ1) is 21.8. The molecule has 1 atom stereocenters. The first-order valence-corrected chi connectivity index (χ1v) is 7.78. The lowest BCUT2D eigenvalue weighted by Gasteiger charge is -2.21. The van der Waals surface area contributed by atoms with Gasteiger partial charge in [0.15, 0.2) is 0 Å². The molecule has 0 bridgehead atoms. The van der Waals surface area contributed by atoms with Gasteiger partial charge in [-0.15, -0.1) is 0 Å². The first-order chi connectivity index (χ1) is 11.2. The van der Waals surface area contributed by atoms with Crippen LogP contribution in [-0.4, -0.2) is 41.6 Å². The molecule has 0 aromatic rings. The number of methoxy groups -OCH3 is 1. The summed E-state index contributed by atoms with van der Waals surface area (Å²) in [4.78, 5) is 36.7. The normalized spacial score (nSPS) is 12.4. The van der Waals surface area contributed by atoms with Crippen molar-refractivity contribution in [2.45, 2.75) is 40.0 Å². The fourth-order valence-electron chi connectivity index (χ4n) is 2.10. The van der Waals surface area contributed by atoms with Crippen LogP contribution in [0.2, 0.25) is 0 Å². The van der Waals surface area contributed by atoms with E-state index in [0.29, 0.717) is 6.42 Å². The van der Waals surface area contributed by atoms with Crippen molar-refractivity contribution < 1.29 is 24.2 Å². The molecular formula is C18H27NO5. The Labute approximate surface area is 143 Å². The summed E-state index contributed by atoms with van der Waals surface area (Å²) in [5, 5.41) is 9.15. The van der Waals surface area contributed by atoms with Crippen LogP contribution in [-0.2, 0) is 19.1 Å². The van der Waals surface area contributed by atoms with Crippen LogP contribution in [0.3, 0.4) is 0 Å². The van der Waals surface area contributed by atoms with Crippen LogP contribution in [0.5, 0.6) is 0 Å². The number of ether oxygens (including phenoxy) is 1. The molecule has 0 aromatic heterocycles. The lowest BCUT2D eigenvalue weighted by molar-refractivity contribution is -0.145. The number of hydrogen-bond donors (Lipinski definition) is 1. The zero-order valence-electron chi connectivity index (χ0n) is 14.9. The molecule has 0 aliphatic rings. The maximum absolute atomic E-state index is 12.5. The number of rotatable bonds is 10. The number of unbranched alkanes of at least 4 members (excludes halogenated alkanes) is 1. The van der Waals surface area contributed by atoms with Crippen molar-refractivity contribution in [2.75, 3.05) is 13.8 Å². The summed E-state index contributed by atoms with van der Waals surface area (Å²) in [6.45, 7) is 12.0. The van der Waals surface area contributed by atoms with Crippen molar-refractivity contribution >= 4 is 17.8 Å². The van der Waals surface area contributed by atoms with Crippen LogP contribution in [0, 0.1) is 5.92 Å². The van der Waals surface area contributed by atoms with Crippen LogP contribution in [0.15, 0.2) is 36.0 Å². The number of carboxylic acids is 1. The van der Waals surface area contributed by atoms with Gasteiger partial charge in [-0.3, -0.25) is 14.5 Å². The molecule has 0 heterocycles. The summed E-state index contributed by atoms with van der Waals surface area (Å²) in [5.41, 5.74) is 0.510. The van der Waals surface area contributed by atoms with E-state index in [2.05, 4.69) is 13.2 Å². The predicted molar refractivity (Wildman–Crippen MR) is 92.1 cm³/mol. The summed E-state index contributed by atoms with van der Waals surface area (Å²) in [6.07, 6.45) is 3.84. The molecule has 1 unspecified atom stereocenters. The Morgan fingerprint density at radius 3 is 2.21 bits per heavy atom. The van der Waals surface area contributed by atoms with E-state index < -0.39 is 23.7 Å². The predicted octanol–water partition coefficient (Wildman–Crippen LogP) is 2.92. The largest absolute Gasteiger partial charge is 0.478 e. The Kier molecular flexibility index (Phi) is 9.57. The van der Waals surface area contributed by atoms with E-state index in [1.54, 1.807) is 13.0 Å². The van der Waals surface area contributed by atoms with Gasteiger partial charge in [-0.25, -0.2) is 4.79 Å². The van der Waals surface area contributed by atoms with Gasteiger partial charge in [-0.05, 0) is 20.3 Å². The molecule has 6 heteroatoms. The van der Waals surface area contributed by atoms with E-state index >= 15 is 0 Å². The molecule has 1 N–H and O–H groups in total. The van der Waals surface area contributed by atoms with Gasteiger partial charge in [0.2, 0.25) is 0 Å². The van der Waals surface area contributed by atoms with Crippen LogP contribution in [0.4, 0.5) is 0 Å².